The first kappa shape index (κ1) is 14.3. The van der Waals surface area contributed by atoms with E-state index in [-0.39, 0.29) is 0 Å². The summed E-state index contributed by atoms with van der Waals surface area (Å²) >= 11 is 0. The van der Waals surface area contributed by atoms with E-state index in [9.17, 15) is 0 Å². The van der Waals surface area contributed by atoms with E-state index in [4.69, 9.17) is 4.74 Å². The summed E-state index contributed by atoms with van der Waals surface area (Å²) in [5.74, 6) is 1.49. The Labute approximate surface area is 116 Å². The Morgan fingerprint density at radius 1 is 1.32 bits per heavy atom. The lowest BCUT2D eigenvalue weighted by molar-refractivity contribution is 0.147. The van der Waals surface area contributed by atoms with Crippen LogP contribution in [0.2, 0.25) is 0 Å². The van der Waals surface area contributed by atoms with Crippen molar-refractivity contribution in [3.63, 3.8) is 0 Å². The van der Waals surface area contributed by atoms with E-state index in [1.807, 2.05) is 12.3 Å². The van der Waals surface area contributed by atoms with Gasteiger partial charge in [0.1, 0.15) is 6.10 Å². The van der Waals surface area contributed by atoms with Crippen molar-refractivity contribution >= 4 is 0 Å². The van der Waals surface area contributed by atoms with Gasteiger partial charge in [-0.05, 0) is 44.2 Å². The molecule has 106 valence electrons. The molecule has 2 rings (SSSR count). The number of rotatable bonds is 6. The van der Waals surface area contributed by atoms with Gasteiger partial charge in [0.25, 0.3) is 0 Å². The standard InChI is InChI=1S/C16H26N2O/c1-13(2)11-17-12-14-7-6-10-18-16(14)19-15-8-4-3-5-9-15/h6-7,10,13,15,17H,3-5,8-9,11-12H2,1-2H3. The highest BCUT2D eigenvalue weighted by atomic mass is 16.5. The van der Waals surface area contributed by atoms with Crippen LogP contribution in [-0.4, -0.2) is 17.6 Å². The van der Waals surface area contributed by atoms with Crippen molar-refractivity contribution in [1.29, 1.82) is 0 Å². The maximum absolute atomic E-state index is 6.09. The fourth-order valence-electron chi connectivity index (χ4n) is 2.50. The number of nitrogens with zero attached hydrogens (tertiary/aromatic N) is 1. The highest BCUT2D eigenvalue weighted by Crippen LogP contribution is 2.24. The molecule has 1 aliphatic rings. The Balaban J connectivity index is 1.91. The van der Waals surface area contributed by atoms with E-state index < -0.39 is 0 Å². The molecule has 0 atom stereocenters. The number of nitrogens with one attached hydrogen (secondary N) is 1. The summed E-state index contributed by atoms with van der Waals surface area (Å²) in [4.78, 5) is 4.41. The van der Waals surface area contributed by atoms with Gasteiger partial charge in [0.2, 0.25) is 5.88 Å². The average Bonchev–Trinajstić information content (AvgIpc) is 2.41. The summed E-state index contributed by atoms with van der Waals surface area (Å²) in [5.41, 5.74) is 1.17. The first-order chi connectivity index (χ1) is 9.25. The lowest BCUT2D eigenvalue weighted by atomic mass is 9.98. The zero-order chi connectivity index (χ0) is 13.5. The minimum atomic E-state index is 0.368. The van der Waals surface area contributed by atoms with Crippen molar-refractivity contribution in [2.24, 2.45) is 5.92 Å². The molecule has 1 fully saturated rings. The maximum Gasteiger partial charge on any atom is 0.218 e. The predicted octanol–water partition coefficient (Wildman–Crippen LogP) is 3.54. The molecule has 0 amide bonds. The summed E-state index contributed by atoms with van der Waals surface area (Å²) in [6.45, 7) is 6.30. The second-order valence-corrected chi connectivity index (χ2v) is 5.87. The number of pyridine rings is 1. The van der Waals surface area contributed by atoms with Crippen molar-refractivity contribution in [3.05, 3.63) is 23.9 Å². The molecule has 1 aromatic rings. The Morgan fingerprint density at radius 2 is 2.11 bits per heavy atom. The van der Waals surface area contributed by atoms with Crippen molar-refractivity contribution in [3.8, 4) is 5.88 Å². The van der Waals surface area contributed by atoms with Gasteiger partial charge in [0, 0.05) is 18.3 Å². The number of ether oxygens (including phenoxy) is 1. The van der Waals surface area contributed by atoms with Crippen molar-refractivity contribution < 1.29 is 4.74 Å². The fourth-order valence-corrected chi connectivity index (χ4v) is 2.50. The Hall–Kier alpha value is -1.09. The molecule has 0 aromatic carbocycles. The largest absolute Gasteiger partial charge is 0.474 e. The monoisotopic (exact) mass is 262 g/mol. The first-order valence-corrected chi connectivity index (χ1v) is 7.57. The second-order valence-electron chi connectivity index (χ2n) is 5.87. The maximum atomic E-state index is 6.09. The van der Waals surface area contributed by atoms with Crippen molar-refractivity contribution in [2.45, 2.75) is 58.6 Å². The molecule has 0 saturated heterocycles. The topological polar surface area (TPSA) is 34.2 Å². The molecule has 0 aliphatic heterocycles. The zero-order valence-corrected chi connectivity index (χ0v) is 12.2. The summed E-state index contributed by atoms with van der Waals surface area (Å²) < 4.78 is 6.09. The molecule has 0 spiro atoms. The van der Waals surface area contributed by atoms with Gasteiger partial charge in [-0.15, -0.1) is 0 Å². The van der Waals surface area contributed by atoms with Crippen LogP contribution in [0, 0.1) is 5.92 Å². The average molecular weight is 262 g/mol. The van der Waals surface area contributed by atoms with E-state index in [2.05, 4.69) is 30.2 Å². The molecule has 0 bridgehead atoms. The molecule has 1 aliphatic carbocycles. The molecule has 3 nitrogen and oxygen atoms in total. The van der Waals surface area contributed by atoms with Crippen LogP contribution in [0.3, 0.4) is 0 Å². The number of hydrogen-bond acceptors (Lipinski definition) is 3. The van der Waals surface area contributed by atoms with Crippen LogP contribution >= 0.6 is 0 Å². The summed E-state index contributed by atoms with van der Waals surface area (Å²) in [5, 5.41) is 3.46. The number of aromatic nitrogens is 1. The molecule has 0 unspecified atom stereocenters. The minimum Gasteiger partial charge on any atom is -0.474 e. The van der Waals surface area contributed by atoms with Crippen molar-refractivity contribution in [1.82, 2.24) is 10.3 Å². The van der Waals surface area contributed by atoms with Gasteiger partial charge >= 0.3 is 0 Å². The smallest absolute Gasteiger partial charge is 0.218 e. The Kier molecular flexibility index (Phi) is 5.64. The van der Waals surface area contributed by atoms with Crippen LogP contribution in [0.4, 0.5) is 0 Å². The van der Waals surface area contributed by atoms with Crippen molar-refractivity contribution in [2.75, 3.05) is 6.54 Å². The molecule has 1 N–H and O–H groups in total. The van der Waals surface area contributed by atoms with Gasteiger partial charge in [-0.25, -0.2) is 4.98 Å². The molecule has 1 heterocycles. The molecule has 0 radical (unpaired) electrons. The van der Waals surface area contributed by atoms with Gasteiger partial charge in [0.05, 0.1) is 0 Å². The van der Waals surface area contributed by atoms with E-state index >= 15 is 0 Å². The molecular weight excluding hydrogens is 236 g/mol. The van der Waals surface area contributed by atoms with Gasteiger partial charge in [0.15, 0.2) is 0 Å². The van der Waals surface area contributed by atoms with E-state index in [1.165, 1.54) is 37.7 Å². The highest BCUT2D eigenvalue weighted by Gasteiger charge is 2.16. The molecule has 19 heavy (non-hydrogen) atoms. The van der Waals surface area contributed by atoms with Gasteiger partial charge < -0.3 is 10.1 Å². The Bertz CT molecular complexity index is 373. The first-order valence-electron chi connectivity index (χ1n) is 7.57. The Morgan fingerprint density at radius 3 is 2.84 bits per heavy atom. The van der Waals surface area contributed by atoms with Gasteiger partial charge in [-0.3, -0.25) is 0 Å². The normalized spacial score (nSPS) is 16.8. The number of hydrogen-bond donors (Lipinski definition) is 1. The van der Waals surface area contributed by atoms with Crippen LogP contribution in [0.25, 0.3) is 0 Å². The highest BCUT2D eigenvalue weighted by molar-refractivity contribution is 5.25. The second kappa shape index (κ2) is 7.49. The lowest BCUT2D eigenvalue weighted by Crippen LogP contribution is -2.23. The van der Waals surface area contributed by atoms with E-state index in [0.29, 0.717) is 12.0 Å². The zero-order valence-electron chi connectivity index (χ0n) is 12.2. The van der Waals surface area contributed by atoms with E-state index in [0.717, 1.165) is 19.0 Å². The van der Waals surface area contributed by atoms with Crippen LogP contribution in [0.5, 0.6) is 5.88 Å². The SMILES string of the molecule is CC(C)CNCc1cccnc1OC1CCCCC1. The molecule has 1 aromatic heterocycles. The van der Waals surface area contributed by atoms with Gasteiger partial charge in [-0.2, -0.15) is 0 Å². The molecule has 3 heteroatoms. The lowest BCUT2D eigenvalue weighted by Gasteiger charge is -2.23. The van der Waals surface area contributed by atoms with Crippen LogP contribution in [-0.2, 0) is 6.54 Å². The van der Waals surface area contributed by atoms with Crippen LogP contribution < -0.4 is 10.1 Å². The third-order valence-corrected chi connectivity index (χ3v) is 3.55. The third kappa shape index (κ3) is 4.83. The van der Waals surface area contributed by atoms with Gasteiger partial charge in [-0.1, -0.05) is 26.3 Å². The fraction of sp³-hybridized carbons (Fsp3) is 0.688. The van der Waals surface area contributed by atoms with E-state index in [1.54, 1.807) is 0 Å². The quantitative estimate of drug-likeness (QED) is 0.851. The summed E-state index contributed by atoms with van der Waals surface area (Å²) in [6.07, 6.45) is 8.48. The summed E-state index contributed by atoms with van der Waals surface area (Å²) in [6, 6.07) is 4.10. The summed E-state index contributed by atoms with van der Waals surface area (Å²) in [7, 11) is 0. The minimum absolute atomic E-state index is 0.368. The van der Waals surface area contributed by atoms with Crippen LogP contribution in [0.1, 0.15) is 51.5 Å². The molecule has 1 saturated carbocycles. The van der Waals surface area contributed by atoms with Crippen LogP contribution in [0.15, 0.2) is 18.3 Å². The third-order valence-electron chi connectivity index (χ3n) is 3.55. The molecular formula is C16H26N2O. The predicted molar refractivity (Wildman–Crippen MR) is 78.3 cm³/mol.